The Bertz CT molecular complexity index is 1110. The molecule has 1 N–H and O–H groups in total. The van der Waals surface area contributed by atoms with E-state index < -0.39 is 0 Å². The third-order valence-electron chi connectivity index (χ3n) is 4.00. The number of thiophene rings is 1. The van der Waals surface area contributed by atoms with E-state index in [0.29, 0.717) is 36.8 Å². The number of carbonyl (C=O) groups is 1. The van der Waals surface area contributed by atoms with E-state index in [-0.39, 0.29) is 5.91 Å². The van der Waals surface area contributed by atoms with Gasteiger partial charge in [-0.1, -0.05) is 0 Å². The molecule has 0 bridgehead atoms. The second-order valence-electron chi connectivity index (χ2n) is 5.88. The van der Waals surface area contributed by atoms with E-state index >= 15 is 0 Å². The van der Waals surface area contributed by atoms with Crippen molar-refractivity contribution in [2.24, 2.45) is 0 Å². The average Bonchev–Trinajstić information content (AvgIpc) is 3.43. The van der Waals surface area contributed by atoms with Gasteiger partial charge in [-0.05, 0) is 6.07 Å². The highest BCUT2D eigenvalue weighted by Crippen LogP contribution is 2.38. The van der Waals surface area contributed by atoms with E-state index in [4.69, 9.17) is 9.47 Å². The van der Waals surface area contributed by atoms with Crippen molar-refractivity contribution in [2.75, 3.05) is 20.3 Å². The zero-order valence-corrected chi connectivity index (χ0v) is 17.1. The third-order valence-corrected chi connectivity index (χ3v) is 5.69. The number of nitrogens with zero attached hydrogens (tertiary/aromatic N) is 4. The minimum atomic E-state index is -0.203. The van der Waals surface area contributed by atoms with Crippen molar-refractivity contribution in [3.8, 4) is 22.2 Å². The number of nitrogens with one attached hydrogen (secondary N) is 1. The molecule has 0 spiro atoms. The van der Waals surface area contributed by atoms with Crippen LogP contribution in [0, 0.1) is 0 Å². The van der Waals surface area contributed by atoms with Crippen LogP contribution in [0.1, 0.15) is 16.8 Å². The van der Waals surface area contributed by atoms with E-state index in [1.807, 2.05) is 10.8 Å². The molecular formula is C19H17N5O3S2. The molecule has 0 fully saturated rings. The van der Waals surface area contributed by atoms with Crippen molar-refractivity contribution in [1.29, 1.82) is 0 Å². The second-order valence-corrected chi connectivity index (χ2v) is 7.64. The minimum absolute atomic E-state index is 0.203. The molecule has 0 saturated carbocycles. The average molecular weight is 428 g/mol. The molecule has 0 aliphatic heterocycles. The predicted octanol–water partition coefficient (Wildman–Crippen LogP) is 3.42. The highest BCUT2D eigenvalue weighted by atomic mass is 32.1. The van der Waals surface area contributed by atoms with Gasteiger partial charge in [0.2, 0.25) is 5.88 Å². The van der Waals surface area contributed by atoms with Gasteiger partial charge in [-0.2, -0.15) is 0 Å². The molecule has 0 aliphatic rings. The van der Waals surface area contributed by atoms with Crippen LogP contribution in [-0.4, -0.2) is 46.1 Å². The summed E-state index contributed by atoms with van der Waals surface area (Å²) >= 11 is 3.11. The lowest BCUT2D eigenvalue weighted by atomic mass is 10.2. The number of pyridine rings is 1. The van der Waals surface area contributed by atoms with Gasteiger partial charge >= 0.3 is 0 Å². The topological polar surface area (TPSA) is 99.1 Å². The molecule has 29 heavy (non-hydrogen) atoms. The van der Waals surface area contributed by atoms with Crippen LogP contribution < -0.4 is 14.8 Å². The number of aromatic nitrogens is 4. The summed E-state index contributed by atoms with van der Waals surface area (Å²) in [4.78, 5) is 29.6. The minimum Gasteiger partial charge on any atom is -0.492 e. The summed E-state index contributed by atoms with van der Waals surface area (Å²) in [5, 5.41) is 8.33. The maximum Gasteiger partial charge on any atom is 0.252 e. The van der Waals surface area contributed by atoms with Gasteiger partial charge in [0.25, 0.3) is 5.91 Å². The molecule has 4 heterocycles. The molecule has 1 amide bonds. The molecule has 148 valence electrons. The van der Waals surface area contributed by atoms with Crippen LogP contribution in [0.4, 0.5) is 0 Å². The zero-order chi connectivity index (χ0) is 20.1. The number of fused-ring (bicyclic) bond motifs is 1. The van der Waals surface area contributed by atoms with E-state index in [2.05, 4.69) is 25.3 Å². The standard InChI is InChI=1S/C19H17N5O3S2/c1-20-16(25)12-7-13(9-21-8-12)26-4-2-5-27-17-15-14(18-22-3-6-28-18)10-29-19(15)24-11-23-17/h3,6-11H,2,4-5H2,1H3,(H,20,25). The van der Waals surface area contributed by atoms with Crippen LogP contribution in [-0.2, 0) is 0 Å². The Balaban J connectivity index is 1.36. The summed E-state index contributed by atoms with van der Waals surface area (Å²) in [7, 11) is 1.57. The summed E-state index contributed by atoms with van der Waals surface area (Å²) in [6.07, 6.45) is 7.00. The molecule has 4 aromatic rings. The van der Waals surface area contributed by atoms with Crippen LogP contribution in [0.15, 0.2) is 41.7 Å². The number of amides is 1. The first-order valence-electron chi connectivity index (χ1n) is 8.81. The fraction of sp³-hybridized carbons (Fsp3) is 0.211. The first kappa shape index (κ1) is 19.2. The maximum absolute atomic E-state index is 11.7. The molecule has 4 aromatic heterocycles. The number of ether oxygens (including phenoxy) is 2. The molecule has 10 heteroatoms. The van der Waals surface area contributed by atoms with Crippen molar-refractivity contribution < 1.29 is 14.3 Å². The van der Waals surface area contributed by atoms with Crippen LogP contribution in [0.2, 0.25) is 0 Å². The lowest BCUT2D eigenvalue weighted by Crippen LogP contribution is -2.18. The lowest BCUT2D eigenvalue weighted by Gasteiger charge is -2.09. The predicted molar refractivity (Wildman–Crippen MR) is 112 cm³/mol. The Kier molecular flexibility index (Phi) is 5.92. The van der Waals surface area contributed by atoms with Crippen molar-refractivity contribution in [1.82, 2.24) is 25.3 Å². The zero-order valence-electron chi connectivity index (χ0n) is 15.5. The molecule has 0 atom stereocenters. The van der Waals surface area contributed by atoms with Crippen LogP contribution in [0.3, 0.4) is 0 Å². The van der Waals surface area contributed by atoms with Crippen LogP contribution in [0.25, 0.3) is 20.8 Å². The highest BCUT2D eigenvalue weighted by Gasteiger charge is 2.15. The third kappa shape index (κ3) is 4.33. The van der Waals surface area contributed by atoms with Crippen molar-refractivity contribution in [2.45, 2.75) is 6.42 Å². The fourth-order valence-corrected chi connectivity index (χ4v) is 4.27. The number of thiazole rings is 1. The van der Waals surface area contributed by atoms with E-state index in [1.54, 1.807) is 48.2 Å². The summed E-state index contributed by atoms with van der Waals surface area (Å²) in [6, 6.07) is 1.66. The summed E-state index contributed by atoms with van der Waals surface area (Å²) in [6.45, 7) is 0.859. The molecule has 4 rings (SSSR count). The Hall–Kier alpha value is -3.11. The molecule has 0 aromatic carbocycles. The Morgan fingerprint density at radius 2 is 2.03 bits per heavy atom. The van der Waals surface area contributed by atoms with Gasteiger partial charge < -0.3 is 14.8 Å². The van der Waals surface area contributed by atoms with Gasteiger partial charge in [0, 0.05) is 42.2 Å². The van der Waals surface area contributed by atoms with Gasteiger partial charge in [0.1, 0.15) is 21.9 Å². The number of rotatable bonds is 8. The van der Waals surface area contributed by atoms with Crippen LogP contribution >= 0.6 is 22.7 Å². The number of hydrogen-bond donors (Lipinski definition) is 1. The van der Waals surface area contributed by atoms with Crippen molar-refractivity contribution >= 4 is 38.8 Å². The molecule has 0 aliphatic carbocycles. The smallest absolute Gasteiger partial charge is 0.252 e. The molecule has 0 radical (unpaired) electrons. The summed E-state index contributed by atoms with van der Waals surface area (Å²) < 4.78 is 11.6. The SMILES string of the molecule is CNC(=O)c1cncc(OCCCOc2ncnc3scc(-c4nccs4)c23)c1. The summed E-state index contributed by atoms with van der Waals surface area (Å²) in [5.41, 5.74) is 1.45. The van der Waals surface area contributed by atoms with Gasteiger partial charge in [0.15, 0.2) is 0 Å². The summed E-state index contributed by atoms with van der Waals surface area (Å²) in [5.74, 6) is 0.884. The highest BCUT2D eigenvalue weighted by molar-refractivity contribution is 7.18. The van der Waals surface area contributed by atoms with Crippen LogP contribution in [0.5, 0.6) is 11.6 Å². The lowest BCUT2D eigenvalue weighted by molar-refractivity contribution is 0.0962. The largest absolute Gasteiger partial charge is 0.492 e. The second kappa shape index (κ2) is 8.93. The number of carbonyl (C=O) groups excluding carboxylic acids is 1. The normalized spacial score (nSPS) is 10.8. The Morgan fingerprint density at radius 1 is 1.14 bits per heavy atom. The van der Waals surface area contributed by atoms with Gasteiger partial charge in [-0.3, -0.25) is 9.78 Å². The first-order chi connectivity index (χ1) is 14.3. The molecule has 0 saturated heterocycles. The van der Waals surface area contributed by atoms with Gasteiger partial charge in [-0.15, -0.1) is 22.7 Å². The quantitative estimate of drug-likeness (QED) is 0.430. The first-order valence-corrected chi connectivity index (χ1v) is 10.6. The van der Waals surface area contributed by atoms with E-state index in [0.717, 1.165) is 20.8 Å². The van der Waals surface area contributed by atoms with Crippen molar-refractivity contribution in [3.63, 3.8) is 0 Å². The maximum atomic E-state index is 11.7. The molecular weight excluding hydrogens is 410 g/mol. The molecule has 8 nitrogen and oxygen atoms in total. The van der Waals surface area contributed by atoms with E-state index in [9.17, 15) is 4.79 Å². The van der Waals surface area contributed by atoms with Gasteiger partial charge in [-0.25, -0.2) is 15.0 Å². The Morgan fingerprint density at radius 3 is 2.86 bits per heavy atom. The fourth-order valence-electron chi connectivity index (χ4n) is 2.66. The molecule has 0 unspecified atom stereocenters. The van der Waals surface area contributed by atoms with Gasteiger partial charge in [0.05, 0.1) is 30.4 Å². The monoisotopic (exact) mass is 427 g/mol. The Labute approximate surface area is 174 Å². The van der Waals surface area contributed by atoms with Crippen molar-refractivity contribution in [3.05, 3.63) is 47.3 Å². The van der Waals surface area contributed by atoms with E-state index in [1.165, 1.54) is 12.5 Å². The number of hydrogen-bond acceptors (Lipinski definition) is 9.